The lowest BCUT2D eigenvalue weighted by atomic mass is 10.2. The summed E-state index contributed by atoms with van der Waals surface area (Å²) in [5, 5.41) is 8.86. The second kappa shape index (κ2) is 5.99. The molecule has 0 bridgehead atoms. The van der Waals surface area contributed by atoms with Crippen molar-refractivity contribution in [1.82, 2.24) is 9.71 Å². The lowest BCUT2D eigenvalue weighted by Gasteiger charge is -2.09. The van der Waals surface area contributed by atoms with Crippen molar-refractivity contribution in [3.63, 3.8) is 0 Å². The molecular weight excluding hydrogens is 306 g/mol. The van der Waals surface area contributed by atoms with Gasteiger partial charge in [0.2, 0.25) is 0 Å². The van der Waals surface area contributed by atoms with Crippen molar-refractivity contribution >= 4 is 15.9 Å². The molecule has 2 aromatic rings. The van der Waals surface area contributed by atoms with Crippen LogP contribution in [0.25, 0.3) is 0 Å². The van der Waals surface area contributed by atoms with Crippen LogP contribution in [-0.4, -0.2) is 19.3 Å². The van der Waals surface area contributed by atoms with Crippen molar-refractivity contribution in [2.75, 3.05) is 0 Å². The molecule has 0 radical (unpaired) electrons. The fourth-order valence-electron chi connectivity index (χ4n) is 1.89. The van der Waals surface area contributed by atoms with Crippen LogP contribution < -0.4 is 4.72 Å². The highest BCUT2D eigenvalue weighted by molar-refractivity contribution is 7.90. The van der Waals surface area contributed by atoms with E-state index in [-0.39, 0.29) is 16.2 Å². The van der Waals surface area contributed by atoms with Crippen LogP contribution in [0.2, 0.25) is 0 Å². The molecule has 0 fully saturated rings. The van der Waals surface area contributed by atoms with Crippen molar-refractivity contribution in [3.8, 4) is 6.07 Å². The Kier molecular flexibility index (Phi) is 4.28. The average Bonchev–Trinajstić information content (AvgIpc) is 2.95. The SMILES string of the molecule is CCc1ocnc1C(=O)NS(=O)(=O)c1cc(C#N)ccc1C. The molecule has 1 aromatic carbocycles. The van der Waals surface area contributed by atoms with E-state index in [9.17, 15) is 13.2 Å². The second-order valence-electron chi connectivity index (χ2n) is 4.50. The predicted molar refractivity (Wildman–Crippen MR) is 76.4 cm³/mol. The number of hydrogen-bond donors (Lipinski definition) is 1. The first-order valence-corrected chi connectivity index (χ1v) is 7.87. The van der Waals surface area contributed by atoms with E-state index in [1.165, 1.54) is 18.2 Å². The minimum Gasteiger partial charge on any atom is -0.448 e. The van der Waals surface area contributed by atoms with Crippen molar-refractivity contribution < 1.29 is 17.6 Å². The quantitative estimate of drug-likeness (QED) is 0.914. The summed E-state index contributed by atoms with van der Waals surface area (Å²) in [6, 6.07) is 6.09. The Bertz CT molecular complexity index is 862. The molecule has 0 aliphatic rings. The molecule has 1 heterocycles. The normalized spacial score (nSPS) is 11.0. The number of carbonyl (C=O) groups excluding carboxylic acids is 1. The van der Waals surface area contributed by atoms with E-state index in [0.29, 0.717) is 17.7 Å². The largest absolute Gasteiger partial charge is 0.448 e. The molecule has 22 heavy (non-hydrogen) atoms. The monoisotopic (exact) mass is 319 g/mol. The van der Waals surface area contributed by atoms with Gasteiger partial charge in [0.25, 0.3) is 15.9 Å². The van der Waals surface area contributed by atoms with Gasteiger partial charge in [0, 0.05) is 6.42 Å². The molecule has 1 N–H and O–H groups in total. The summed E-state index contributed by atoms with van der Waals surface area (Å²) in [7, 11) is -4.11. The van der Waals surface area contributed by atoms with Gasteiger partial charge in [-0.15, -0.1) is 0 Å². The molecule has 8 heteroatoms. The molecule has 0 spiro atoms. The number of oxazole rings is 1. The first kappa shape index (κ1) is 15.7. The number of amides is 1. The Morgan fingerprint density at radius 1 is 1.45 bits per heavy atom. The van der Waals surface area contributed by atoms with Gasteiger partial charge in [-0.1, -0.05) is 13.0 Å². The predicted octanol–water partition coefficient (Wildman–Crippen LogP) is 1.54. The number of rotatable bonds is 4. The topological polar surface area (TPSA) is 113 Å². The van der Waals surface area contributed by atoms with E-state index < -0.39 is 15.9 Å². The summed E-state index contributed by atoms with van der Waals surface area (Å²) >= 11 is 0. The van der Waals surface area contributed by atoms with Crippen LogP contribution in [0.15, 0.2) is 33.9 Å². The number of nitrogens with zero attached hydrogens (tertiary/aromatic N) is 2. The third-order valence-electron chi connectivity index (χ3n) is 3.01. The Labute approximate surface area is 127 Å². The van der Waals surface area contributed by atoms with E-state index in [1.54, 1.807) is 13.8 Å². The Morgan fingerprint density at radius 3 is 2.82 bits per heavy atom. The maximum atomic E-state index is 12.3. The van der Waals surface area contributed by atoms with Gasteiger partial charge >= 0.3 is 0 Å². The van der Waals surface area contributed by atoms with Gasteiger partial charge in [-0.25, -0.2) is 18.1 Å². The van der Waals surface area contributed by atoms with Crippen molar-refractivity contribution in [1.29, 1.82) is 5.26 Å². The molecular formula is C14H13N3O4S. The minimum absolute atomic E-state index is 0.0693. The highest BCUT2D eigenvalue weighted by atomic mass is 32.2. The van der Waals surface area contributed by atoms with Crippen LogP contribution in [0.4, 0.5) is 0 Å². The third-order valence-corrected chi connectivity index (χ3v) is 4.48. The van der Waals surface area contributed by atoms with Crippen molar-refractivity contribution in [2.24, 2.45) is 0 Å². The molecule has 1 amide bonds. The smallest absolute Gasteiger partial charge is 0.287 e. The Morgan fingerprint density at radius 2 is 2.18 bits per heavy atom. The maximum Gasteiger partial charge on any atom is 0.287 e. The van der Waals surface area contributed by atoms with E-state index in [4.69, 9.17) is 9.68 Å². The fraction of sp³-hybridized carbons (Fsp3) is 0.214. The number of carbonyl (C=O) groups is 1. The zero-order valence-electron chi connectivity index (χ0n) is 12.0. The summed E-state index contributed by atoms with van der Waals surface area (Å²) < 4.78 is 31.6. The van der Waals surface area contributed by atoms with E-state index in [0.717, 1.165) is 6.39 Å². The number of aromatic nitrogens is 1. The lowest BCUT2D eigenvalue weighted by molar-refractivity contribution is 0.0975. The fourth-order valence-corrected chi connectivity index (χ4v) is 3.12. The molecule has 0 aliphatic heterocycles. The van der Waals surface area contributed by atoms with E-state index in [1.807, 2.05) is 10.8 Å². The number of aryl methyl sites for hydroxylation is 2. The molecule has 1 aromatic heterocycles. The average molecular weight is 319 g/mol. The van der Waals surface area contributed by atoms with Crippen LogP contribution >= 0.6 is 0 Å². The number of nitriles is 1. The molecule has 0 unspecified atom stereocenters. The standard InChI is InChI=1S/C14H13N3O4S/c1-3-11-13(16-8-21-11)14(18)17-22(19,20)12-6-10(7-15)5-4-9(12)2/h4-6,8H,3H2,1-2H3,(H,17,18). The van der Waals surface area contributed by atoms with Crippen LogP contribution in [0, 0.1) is 18.3 Å². The van der Waals surface area contributed by atoms with E-state index in [2.05, 4.69) is 4.98 Å². The Hall–Kier alpha value is -2.66. The number of sulfonamides is 1. The number of nitrogens with one attached hydrogen (secondary N) is 1. The summed E-state index contributed by atoms with van der Waals surface area (Å²) in [6.45, 7) is 3.33. The first-order chi connectivity index (χ1) is 10.4. The Balaban J connectivity index is 2.36. The molecule has 7 nitrogen and oxygen atoms in total. The van der Waals surface area contributed by atoms with Crippen LogP contribution in [0.1, 0.15) is 34.3 Å². The van der Waals surface area contributed by atoms with Gasteiger partial charge in [-0.05, 0) is 24.6 Å². The minimum atomic E-state index is -4.11. The highest BCUT2D eigenvalue weighted by Crippen LogP contribution is 2.17. The lowest BCUT2D eigenvalue weighted by Crippen LogP contribution is -2.32. The van der Waals surface area contributed by atoms with Crippen LogP contribution in [0.3, 0.4) is 0 Å². The third kappa shape index (κ3) is 2.99. The van der Waals surface area contributed by atoms with E-state index >= 15 is 0 Å². The van der Waals surface area contributed by atoms with Crippen molar-refractivity contribution in [2.45, 2.75) is 25.2 Å². The van der Waals surface area contributed by atoms with Gasteiger partial charge < -0.3 is 4.42 Å². The molecule has 2 rings (SSSR count). The zero-order chi connectivity index (χ0) is 16.3. The van der Waals surface area contributed by atoms with Crippen molar-refractivity contribution in [3.05, 3.63) is 47.2 Å². The van der Waals surface area contributed by atoms with Gasteiger partial charge in [0.1, 0.15) is 5.76 Å². The van der Waals surface area contributed by atoms with Gasteiger partial charge in [0.05, 0.1) is 16.5 Å². The van der Waals surface area contributed by atoms with Gasteiger partial charge in [-0.3, -0.25) is 4.79 Å². The summed E-state index contributed by atoms with van der Waals surface area (Å²) in [5.74, 6) is -0.567. The van der Waals surface area contributed by atoms with Crippen LogP contribution in [0.5, 0.6) is 0 Å². The maximum absolute atomic E-state index is 12.3. The summed E-state index contributed by atoms with van der Waals surface area (Å²) in [6.07, 6.45) is 1.49. The molecule has 0 saturated heterocycles. The first-order valence-electron chi connectivity index (χ1n) is 6.39. The number of benzene rings is 1. The second-order valence-corrected chi connectivity index (χ2v) is 6.16. The molecule has 0 aliphatic carbocycles. The van der Waals surface area contributed by atoms with Gasteiger partial charge in [0.15, 0.2) is 12.1 Å². The van der Waals surface area contributed by atoms with Crippen LogP contribution in [-0.2, 0) is 16.4 Å². The summed E-state index contributed by atoms with van der Waals surface area (Å²) in [5.41, 5.74) is 0.546. The molecule has 0 atom stereocenters. The molecule has 0 saturated carbocycles. The van der Waals surface area contributed by atoms with Gasteiger partial charge in [-0.2, -0.15) is 5.26 Å². The highest BCUT2D eigenvalue weighted by Gasteiger charge is 2.24. The zero-order valence-corrected chi connectivity index (χ0v) is 12.8. The molecule has 114 valence electrons. The number of hydrogen-bond acceptors (Lipinski definition) is 6. The summed E-state index contributed by atoms with van der Waals surface area (Å²) in [4.78, 5) is 15.7.